The highest BCUT2D eigenvalue weighted by Crippen LogP contribution is 2.28. The molecule has 1 saturated heterocycles. The Hall–Kier alpha value is -3.52. The summed E-state index contributed by atoms with van der Waals surface area (Å²) in [4.78, 5) is 38.7. The highest BCUT2D eigenvalue weighted by Gasteiger charge is 2.23. The molecular formula is C24H26N6O2. The second-order valence-electron chi connectivity index (χ2n) is 8.51. The van der Waals surface area contributed by atoms with Crippen LogP contribution in [0.25, 0.3) is 22.6 Å². The first-order chi connectivity index (χ1) is 15.5. The second-order valence-corrected chi connectivity index (χ2v) is 8.51. The summed E-state index contributed by atoms with van der Waals surface area (Å²) in [6.07, 6.45) is 3.60. The average Bonchev–Trinajstić information content (AvgIpc) is 3.03. The molecule has 0 bridgehead atoms. The smallest absolute Gasteiger partial charge is 0.305 e. The van der Waals surface area contributed by atoms with E-state index in [1.54, 1.807) is 28.4 Å². The molecule has 8 heteroatoms. The van der Waals surface area contributed by atoms with Gasteiger partial charge in [-0.3, -0.25) is 23.8 Å². The van der Waals surface area contributed by atoms with Crippen molar-refractivity contribution in [3.05, 3.63) is 80.8 Å². The van der Waals surface area contributed by atoms with Gasteiger partial charge in [-0.25, -0.2) is 9.78 Å². The van der Waals surface area contributed by atoms with Gasteiger partial charge in [-0.15, -0.1) is 0 Å². The van der Waals surface area contributed by atoms with Gasteiger partial charge in [0.05, 0.1) is 16.7 Å². The monoisotopic (exact) mass is 430 g/mol. The van der Waals surface area contributed by atoms with Crippen molar-refractivity contribution in [2.45, 2.75) is 25.3 Å². The van der Waals surface area contributed by atoms with Crippen molar-refractivity contribution >= 4 is 11.0 Å². The number of benzene rings is 1. The van der Waals surface area contributed by atoms with Gasteiger partial charge in [0.2, 0.25) is 0 Å². The van der Waals surface area contributed by atoms with Crippen LogP contribution in [-0.4, -0.2) is 42.1 Å². The highest BCUT2D eigenvalue weighted by atomic mass is 16.1. The molecule has 8 nitrogen and oxygen atoms in total. The lowest BCUT2D eigenvalue weighted by Gasteiger charge is -2.31. The van der Waals surface area contributed by atoms with E-state index in [0.29, 0.717) is 11.5 Å². The van der Waals surface area contributed by atoms with Gasteiger partial charge in [-0.05, 0) is 55.8 Å². The summed E-state index contributed by atoms with van der Waals surface area (Å²) in [6.45, 7) is 2.71. The summed E-state index contributed by atoms with van der Waals surface area (Å²) in [6, 6.07) is 13.4. The van der Waals surface area contributed by atoms with E-state index in [2.05, 4.69) is 27.0 Å². The molecule has 32 heavy (non-hydrogen) atoms. The topological polar surface area (TPSA) is 88.8 Å². The van der Waals surface area contributed by atoms with Crippen LogP contribution in [0, 0.1) is 0 Å². The van der Waals surface area contributed by atoms with E-state index >= 15 is 0 Å². The largest absolute Gasteiger partial charge is 0.328 e. The van der Waals surface area contributed by atoms with Crippen LogP contribution in [-0.2, 0) is 20.6 Å². The van der Waals surface area contributed by atoms with Crippen LogP contribution < -0.4 is 11.2 Å². The Balaban J connectivity index is 1.29. The quantitative estimate of drug-likeness (QED) is 0.537. The molecule has 1 aliphatic rings. The molecule has 1 N–H and O–H groups in total. The molecule has 0 spiro atoms. The molecule has 0 unspecified atom stereocenters. The molecule has 0 radical (unpaired) electrons. The Morgan fingerprint density at radius 1 is 1.00 bits per heavy atom. The maximum atomic E-state index is 12.2. The molecule has 0 atom stereocenters. The number of imidazole rings is 1. The number of hydrogen-bond acceptors (Lipinski definition) is 5. The molecule has 3 aromatic heterocycles. The van der Waals surface area contributed by atoms with Gasteiger partial charge in [0.15, 0.2) is 5.82 Å². The molecular weight excluding hydrogens is 404 g/mol. The first kappa shape index (κ1) is 20.4. The zero-order chi connectivity index (χ0) is 22.2. The predicted molar refractivity (Wildman–Crippen MR) is 124 cm³/mol. The molecule has 0 aliphatic carbocycles. The molecule has 0 amide bonds. The third kappa shape index (κ3) is 3.78. The van der Waals surface area contributed by atoms with Crippen molar-refractivity contribution in [1.82, 2.24) is 29.0 Å². The van der Waals surface area contributed by atoms with Gasteiger partial charge in [-0.1, -0.05) is 12.1 Å². The molecule has 1 fully saturated rings. The summed E-state index contributed by atoms with van der Waals surface area (Å²) in [5.41, 5.74) is 4.48. The highest BCUT2D eigenvalue weighted by molar-refractivity contribution is 5.76. The minimum absolute atomic E-state index is 0.00613. The van der Waals surface area contributed by atoms with Crippen LogP contribution in [0.5, 0.6) is 0 Å². The predicted octanol–water partition coefficient (Wildman–Crippen LogP) is 2.40. The SMILES string of the molecule is Cn1c(=O)n(C)c2cc(CN3CCC(c4cc(=O)[nH]c(-c5ccccn5)n4)CC3)ccc21. The number of rotatable bonds is 4. The van der Waals surface area contributed by atoms with Gasteiger partial charge in [0.1, 0.15) is 5.69 Å². The number of aryl methyl sites for hydroxylation is 2. The van der Waals surface area contributed by atoms with Crippen molar-refractivity contribution in [3.63, 3.8) is 0 Å². The molecule has 5 rings (SSSR count). The van der Waals surface area contributed by atoms with Crippen molar-refractivity contribution in [2.24, 2.45) is 14.1 Å². The van der Waals surface area contributed by atoms with Gasteiger partial charge >= 0.3 is 5.69 Å². The first-order valence-electron chi connectivity index (χ1n) is 10.9. The number of likely N-dealkylation sites (tertiary alicyclic amines) is 1. The van der Waals surface area contributed by atoms with Crippen molar-refractivity contribution in [2.75, 3.05) is 13.1 Å². The molecule has 4 aromatic rings. The summed E-state index contributed by atoms with van der Waals surface area (Å²) in [5, 5.41) is 0. The van der Waals surface area contributed by atoms with E-state index in [1.165, 1.54) is 5.56 Å². The molecule has 1 aliphatic heterocycles. The van der Waals surface area contributed by atoms with E-state index in [4.69, 9.17) is 4.98 Å². The van der Waals surface area contributed by atoms with Crippen LogP contribution in [0.4, 0.5) is 0 Å². The number of nitrogens with zero attached hydrogens (tertiary/aromatic N) is 5. The summed E-state index contributed by atoms with van der Waals surface area (Å²) >= 11 is 0. The third-order valence-corrected chi connectivity index (χ3v) is 6.42. The van der Waals surface area contributed by atoms with Crippen LogP contribution in [0.1, 0.15) is 30.0 Å². The zero-order valence-electron chi connectivity index (χ0n) is 18.3. The minimum atomic E-state index is -0.139. The molecule has 0 saturated carbocycles. The number of nitrogens with one attached hydrogen (secondary N) is 1. The third-order valence-electron chi connectivity index (χ3n) is 6.42. The van der Waals surface area contributed by atoms with E-state index in [9.17, 15) is 9.59 Å². The molecule has 4 heterocycles. The van der Waals surface area contributed by atoms with Crippen molar-refractivity contribution in [3.8, 4) is 11.5 Å². The second kappa shape index (κ2) is 8.20. The van der Waals surface area contributed by atoms with Gasteiger partial charge in [0, 0.05) is 38.8 Å². The van der Waals surface area contributed by atoms with Crippen LogP contribution in [0.15, 0.2) is 58.3 Å². The Labute approximate surface area is 185 Å². The number of pyridine rings is 1. The number of aromatic nitrogens is 5. The number of piperidine rings is 1. The van der Waals surface area contributed by atoms with Crippen LogP contribution in [0.3, 0.4) is 0 Å². The maximum Gasteiger partial charge on any atom is 0.328 e. The Morgan fingerprint density at radius 3 is 2.53 bits per heavy atom. The van der Waals surface area contributed by atoms with Crippen LogP contribution in [0.2, 0.25) is 0 Å². The Kier molecular flexibility index (Phi) is 5.22. The standard InChI is InChI=1S/C24H26N6O2/c1-28-20-7-6-16(13-21(20)29(2)24(28)32)15-30-11-8-17(9-12-30)19-14-22(31)27-23(26-19)18-5-3-4-10-25-18/h3-7,10,13-14,17H,8-9,11-12,15H2,1-2H3,(H,26,27,31). The number of aromatic amines is 1. The number of fused-ring (bicyclic) bond motifs is 1. The summed E-state index contributed by atoms with van der Waals surface area (Å²) in [5.74, 6) is 0.783. The normalized spacial score (nSPS) is 15.4. The van der Waals surface area contributed by atoms with Crippen molar-refractivity contribution in [1.29, 1.82) is 0 Å². The fourth-order valence-corrected chi connectivity index (χ4v) is 4.61. The summed E-state index contributed by atoms with van der Waals surface area (Å²) < 4.78 is 3.38. The first-order valence-corrected chi connectivity index (χ1v) is 10.9. The Morgan fingerprint density at radius 2 is 1.78 bits per heavy atom. The number of H-pyrrole nitrogens is 1. The fourth-order valence-electron chi connectivity index (χ4n) is 4.61. The van der Waals surface area contributed by atoms with Crippen molar-refractivity contribution < 1.29 is 0 Å². The lowest BCUT2D eigenvalue weighted by atomic mass is 9.93. The van der Waals surface area contributed by atoms with E-state index in [-0.39, 0.29) is 17.2 Å². The van der Waals surface area contributed by atoms with Crippen LogP contribution >= 0.6 is 0 Å². The lowest BCUT2D eigenvalue weighted by Crippen LogP contribution is -2.33. The van der Waals surface area contributed by atoms with E-state index in [1.807, 2.05) is 31.3 Å². The minimum Gasteiger partial charge on any atom is -0.305 e. The average molecular weight is 431 g/mol. The number of hydrogen-bond donors (Lipinski definition) is 1. The van der Waals surface area contributed by atoms with Gasteiger partial charge in [0.25, 0.3) is 5.56 Å². The molecule has 164 valence electrons. The van der Waals surface area contributed by atoms with E-state index in [0.717, 1.165) is 49.2 Å². The summed E-state index contributed by atoms with van der Waals surface area (Å²) in [7, 11) is 3.62. The lowest BCUT2D eigenvalue weighted by molar-refractivity contribution is 0.203. The molecule has 1 aromatic carbocycles. The van der Waals surface area contributed by atoms with Gasteiger partial charge in [-0.2, -0.15) is 0 Å². The van der Waals surface area contributed by atoms with Gasteiger partial charge < -0.3 is 4.98 Å². The Bertz CT molecular complexity index is 1380. The fraction of sp³-hybridized carbons (Fsp3) is 0.333. The van der Waals surface area contributed by atoms with E-state index < -0.39 is 0 Å². The zero-order valence-corrected chi connectivity index (χ0v) is 18.3. The maximum absolute atomic E-state index is 12.2.